The van der Waals surface area contributed by atoms with Crippen LogP contribution < -0.4 is 0 Å². The Hall–Kier alpha value is -0.220. The van der Waals surface area contributed by atoms with Gasteiger partial charge in [-0.05, 0) is 0 Å². The summed E-state index contributed by atoms with van der Waals surface area (Å²) in [5.74, 6) is -2.47. The average molecular weight is 166 g/mol. The molecule has 66 valence electrons. The van der Waals surface area contributed by atoms with Crippen LogP contribution in [0.4, 0.5) is 8.78 Å². The summed E-state index contributed by atoms with van der Waals surface area (Å²) in [5.41, 5.74) is 0. The highest BCUT2D eigenvalue weighted by Crippen LogP contribution is 2.42. The Morgan fingerprint density at radius 1 is 1.45 bits per heavy atom. The molecule has 0 radical (unpaired) electrons. The average Bonchev–Trinajstić information content (AvgIpc) is 1.53. The van der Waals surface area contributed by atoms with Crippen LogP contribution in [0.2, 0.25) is 0 Å². The molecule has 11 heavy (non-hydrogen) atoms. The van der Waals surface area contributed by atoms with Crippen LogP contribution >= 0.6 is 0 Å². The highest BCUT2D eigenvalue weighted by atomic mass is 19.3. The van der Waals surface area contributed by atoms with E-state index >= 15 is 0 Å². The number of halogens is 2. The largest absolute Gasteiger partial charge is 0.249 e. The Balaban J connectivity index is 2.24. The maximum absolute atomic E-state index is 12.3. The van der Waals surface area contributed by atoms with Crippen molar-refractivity contribution in [2.75, 3.05) is 20.6 Å². The van der Waals surface area contributed by atoms with Crippen molar-refractivity contribution in [2.24, 2.45) is 5.92 Å². The van der Waals surface area contributed by atoms with Gasteiger partial charge in [-0.15, -0.1) is 0 Å². The third-order valence-electron chi connectivity index (χ3n) is 1.88. The van der Waals surface area contributed by atoms with Crippen molar-refractivity contribution in [3.8, 4) is 0 Å². The quantitative estimate of drug-likeness (QED) is 0.487. The van der Waals surface area contributed by atoms with Crippen molar-refractivity contribution in [1.29, 1.82) is 0 Å². The van der Waals surface area contributed by atoms with E-state index in [9.17, 15) is 14.0 Å². The number of alkyl halides is 2. The molecule has 0 bridgehead atoms. The normalized spacial score (nSPS) is 24.8. The zero-order chi connectivity index (χ0) is 8.70. The molecule has 0 unspecified atom stereocenters. The highest BCUT2D eigenvalue weighted by molar-refractivity contribution is 4.85. The van der Waals surface area contributed by atoms with Crippen LogP contribution in [0.15, 0.2) is 0 Å². The molecular weight excluding hydrogens is 152 g/mol. The van der Waals surface area contributed by atoms with E-state index in [1.807, 2.05) is 0 Å². The van der Waals surface area contributed by atoms with E-state index in [2.05, 4.69) is 0 Å². The lowest BCUT2D eigenvalue weighted by molar-refractivity contribution is -1.08. The standard InChI is InChI=1S/C7H14F2NO/c1-10(2,11)5-6-3-7(8,9)4-6/h6,11H,3-5H2,1-2H3/q+1. The van der Waals surface area contributed by atoms with Crippen LogP contribution in [0, 0.1) is 5.92 Å². The fourth-order valence-electron chi connectivity index (χ4n) is 1.55. The first-order chi connectivity index (χ1) is 4.79. The second-order valence-electron chi connectivity index (χ2n) is 3.93. The molecular formula is C7H14F2NO+. The summed E-state index contributed by atoms with van der Waals surface area (Å²) in [6.07, 6.45) is -0.121. The maximum Gasteiger partial charge on any atom is 0.249 e. The predicted molar refractivity (Wildman–Crippen MR) is 36.4 cm³/mol. The molecule has 0 spiro atoms. The van der Waals surface area contributed by atoms with Gasteiger partial charge in [0.2, 0.25) is 5.92 Å². The SMILES string of the molecule is C[N+](C)(O)CC1CC(F)(F)C1. The van der Waals surface area contributed by atoms with E-state index in [0.29, 0.717) is 6.54 Å². The van der Waals surface area contributed by atoms with Gasteiger partial charge in [-0.25, -0.2) is 14.0 Å². The molecule has 1 aliphatic rings. The lowest BCUT2D eigenvalue weighted by atomic mass is 9.81. The van der Waals surface area contributed by atoms with Crippen LogP contribution in [0.5, 0.6) is 0 Å². The van der Waals surface area contributed by atoms with Crippen molar-refractivity contribution >= 4 is 0 Å². The van der Waals surface area contributed by atoms with Crippen LogP contribution in [0.25, 0.3) is 0 Å². The van der Waals surface area contributed by atoms with Crippen LogP contribution in [0.3, 0.4) is 0 Å². The van der Waals surface area contributed by atoms with Gasteiger partial charge in [-0.3, -0.25) is 0 Å². The van der Waals surface area contributed by atoms with Gasteiger partial charge < -0.3 is 0 Å². The smallest absolute Gasteiger partial charge is 0.217 e. The van der Waals surface area contributed by atoms with Gasteiger partial charge in [0.15, 0.2) is 0 Å². The molecule has 0 atom stereocenters. The Morgan fingerprint density at radius 3 is 2.18 bits per heavy atom. The Kier molecular flexibility index (Phi) is 1.92. The molecule has 1 aliphatic carbocycles. The summed E-state index contributed by atoms with van der Waals surface area (Å²) < 4.78 is 24.3. The minimum absolute atomic E-state index is 0.00926. The van der Waals surface area contributed by atoms with E-state index in [-0.39, 0.29) is 23.4 Å². The zero-order valence-corrected chi connectivity index (χ0v) is 6.85. The van der Waals surface area contributed by atoms with Gasteiger partial charge in [-0.2, -0.15) is 4.65 Å². The third kappa shape index (κ3) is 2.71. The van der Waals surface area contributed by atoms with Gasteiger partial charge in [0.1, 0.15) is 6.54 Å². The summed E-state index contributed by atoms with van der Waals surface area (Å²) in [6, 6.07) is 0. The number of quaternary nitrogens is 1. The van der Waals surface area contributed by atoms with Crippen LogP contribution in [0.1, 0.15) is 12.8 Å². The number of rotatable bonds is 2. The monoisotopic (exact) mass is 166 g/mol. The fourth-order valence-corrected chi connectivity index (χ4v) is 1.55. The van der Waals surface area contributed by atoms with E-state index in [0.717, 1.165) is 0 Å². The molecule has 0 saturated heterocycles. The van der Waals surface area contributed by atoms with Crippen molar-refractivity contribution in [3.05, 3.63) is 0 Å². The lowest BCUT2D eigenvalue weighted by Crippen LogP contribution is -2.47. The second-order valence-corrected chi connectivity index (χ2v) is 3.93. The Bertz CT molecular complexity index is 145. The maximum atomic E-state index is 12.3. The molecule has 2 nitrogen and oxygen atoms in total. The van der Waals surface area contributed by atoms with E-state index < -0.39 is 5.92 Å². The minimum Gasteiger partial charge on any atom is -0.217 e. The lowest BCUT2D eigenvalue weighted by Gasteiger charge is -2.37. The van der Waals surface area contributed by atoms with E-state index in [1.54, 1.807) is 14.1 Å². The van der Waals surface area contributed by atoms with E-state index in [1.165, 1.54) is 0 Å². The second kappa shape index (κ2) is 2.38. The number of hydroxylamine groups is 3. The molecule has 0 aromatic carbocycles. The summed E-state index contributed by atoms with van der Waals surface area (Å²) in [4.78, 5) is 0. The molecule has 1 fully saturated rings. The summed E-state index contributed by atoms with van der Waals surface area (Å²) >= 11 is 0. The van der Waals surface area contributed by atoms with Crippen LogP contribution in [-0.2, 0) is 0 Å². The summed E-state index contributed by atoms with van der Waals surface area (Å²) in [6.45, 7) is 0.426. The molecule has 0 aromatic heterocycles. The first kappa shape index (κ1) is 8.87. The van der Waals surface area contributed by atoms with Crippen molar-refractivity contribution in [2.45, 2.75) is 18.8 Å². The Morgan fingerprint density at radius 2 is 1.91 bits per heavy atom. The molecule has 1 saturated carbocycles. The molecule has 4 heteroatoms. The molecule has 1 N–H and O–H groups in total. The van der Waals surface area contributed by atoms with Gasteiger partial charge in [-0.1, -0.05) is 0 Å². The highest BCUT2D eigenvalue weighted by Gasteiger charge is 2.47. The van der Waals surface area contributed by atoms with Gasteiger partial charge in [0.25, 0.3) is 0 Å². The van der Waals surface area contributed by atoms with Crippen molar-refractivity contribution in [3.63, 3.8) is 0 Å². The molecule has 0 amide bonds. The number of hydrogen-bond donors (Lipinski definition) is 1. The van der Waals surface area contributed by atoms with E-state index in [4.69, 9.17) is 0 Å². The van der Waals surface area contributed by atoms with Crippen LogP contribution in [-0.4, -0.2) is 36.4 Å². The van der Waals surface area contributed by atoms with Crippen molar-refractivity contribution < 1.29 is 18.6 Å². The number of hydrogen-bond acceptors (Lipinski definition) is 1. The Labute approximate surface area is 65.0 Å². The van der Waals surface area contributed by atoms with Gasteiger partial charge >= 0.3 is 0 Å². The minimum atomic E-state index is -2.46. The number of nitrogens with zero attached hydrogens (tertiary/aromatic N) is 1. The molecule has 1 rings (SSSR count). The third-order valence-corrected chi connectivity index (χ3v) is 1.88. The topological polar surface area (TPSA) is 20.2 Å². The van der Waals surface area contributed by atoms with Gasteiger partial charge in [0, 0.05) is 18.8 Å². The first-order valence-electron chi connectivity index (χ1n) is 3.72. The summed E-state index contributed by atoms with van der Waals surface area (Å²) in [5, 5.41) is 9.22. The van der Waals surface area contributed by atoms with Crippen molar-refractivity contribution in [1.82, 2.24) is 0 Å². The van der Waals surface area contributed by atoms with Gasteiger partial charge in [0.05, 0.1) is 14.1 Å². The molecule has 0 aliphatic heterocycles. The zero-order valence-electron chi connectivity index (χ0n) is 6.85. The fraction of sp³-hybridized carbons (Fsp3) is 1.00. The molecule has 0 aromatic rings. The first-order valence-corrected chi connectivity index (χ1v) is 3.72. The predicted octanol–water partition coefficient (Wildman–Crippen LogP) is 1.50. The molecule has 0 heterocycles. The summed E-state index contributed by atoms with van der Waals surface area (Å²) in [7, 11) is 3.19.